The molecule has 0 amide bonds. The molecule has 4 heterocycles. The van der Waals surface area contributed by atoms with E-state index in [4.69, 9.17) is 33.6 Å². The van der Waals surface area contributed by atoms with E-state index in [1.165, 1.54) is 34.7 Å². The number of aryl methyl sites for hydroxylation is 8. The molecule has 0 radical (unpaired) electrons. The summed E-state index contributed by atoms with van der Waals surface area (Å²) in [7, 11) is 0. The fourth-order valence-corrected chi connectivity index (χ4v) is 9.87. The summed E-state index contributed by atoms with van der Waals surface area (Å²) in [4.78, 5) is 34.7. The van der Waals surface area contributed by atoms with E-state index in [2.05, 4.69) is 100 Å². The maximum atomic E-state index is 11.4. The number of nitrogens with zero attached hydrogens (tertiary/aromatic N) is 4. The molecule has 0 saturated carbocycles. The van der Waals surface area contributed by atoms with Gasteiger partial charge in [0.1, 0.15) is 21.5 Å². The molecule has 0 aliphatic heterocycles. The van der Waals surface area contributed by atoms with Crippen LogP contribution in [0.5, 0.6) is 11.5 Å². The lowest BCUT2D eigenvalue weighted by Crippen LogP contribution is -2.38. The third-order valence-corrected chi connectivity index (χ3v) is 13.6. The number of hydrogen-bond donors (Lipinski definition) is 2. The van der Waals surface area contributed by atoms with Gasteiger partial charge in [-0.3, -0.25) is 0 Å². The highest BCUT2D eigenvalue weighted by Crippen LogP contribution is 2.37. The number of benzene rings is 4. The van der Waals surface area contributed by atoms with Crippen molar-refractivity contribution >= 4 is 56.6 Å². The molecule has 0 bridgehead atoms. The third-order valence-electron chi connectivity index (χ3n) is 11.2. The molecule has 4 aromatic heterocycles. The molecule has 0 atom stereocenters. The summed E-state index contributed by atoms with van der Waals surface area (Å²) in [5.74, 6) is -0.395. The second kappa shape index (κ2) is 20.0. The molecular weight excluding hydrogens is 873 g/mol. The topological polar surface area (TPSA) is 171 Å². The number of fused-ring (bicyclic) bond motifs is 2. The molecule has 12 nitrogen and oxygen atoms in total. The zero-order valence-electron chi connectivity index (χ0n) is 39.1. The first kappa shape index (κ1) is 47.6. The average Bonchev–Trinajstić information content (AvgIpc) is 4.07. The molecule has 14 heteroatoms. The van der Waals surface area contributed by atoms with Gasteiger partial charge in [0.25, 0.3) is 0 Å². The van der Waals surface area contributed by atoms with Gasteiger partial charge < -0.3 is 28.7 Å². The summed E-state index contributed by atoms with van der Waals surface area (Å²) in [6.45, 7) is 19.3. The molecule has 2 N–H and O–H groups in total. The van der Waals surface area contributed by atoms with Gasteiger partial charge >= 0.3 is 11.9 Å². The summed E-state index contributed by atoms with van der Waals surface area (Å²) in [6.07, 6.45) is 3.11. The van der Waals surface area contributed by atoms with Crippen molar-refractivity contribution < 1.29 is 38.3 Å². The lowest BCUT2D eigenvalue weighted by Gasteiger charge is -2.22. The molecule has 0 spiro atoms. The van der Waals surface area contributed by atoms with E-state index in [0.717, 1.165) is 91.5 Å². The fourth-order valence-electron chi connectivity index (χ4n) is 7.42. The van der Waals surface area contributed by atoms with E-state index >= 15 is 0 Å². The van der Waals surface area contributed by atoms with Crippen molar-refractivity contribution in [1.82, 2.24) is 20.3 Å². The monoisotopic (exact) mass is 928 g/mol. The number of carbonyl (C=O) groups is 2. The van der Waals surface area contributed by atoms with Crippen LogP contribution in [0.2, 0.25) is 0 Å². The molecule has 0 unspecified atom stereocenters. The minimum atomic E-state index is -1.34. The van der Waals surface area contributed by atoms with Crippen LogP contribution in [0.3, 0.4) is 0 Å². The lowest BCUT2D eigenvalue weighted by molar-refractivity contribution is -0.152. The van der Waals surface area contributed by atoms with Crippen LogP contribution < -0.4 is 9.47 Å². The number of carboxylic acids is 2. The Morgan fingerprint density at radius 3 is 1.47 bits per heavy atom. The van der Waals surface area contributed by atoms with Crippen molar-refractivity contribution in [2.75, 3.05) is 6.61 Å². The van der Waals surface area contributed by atoms with Crippen molar-refractivity contribution in [1.29, 1.82) is 0 Å². The van der Waals surface area contributed by atoms with Crippen molar-refractivity contribution in [2.24, 2.45) is 0 Å². The first-order chi connectivity index (χ1) is 31.4. The number of thiazole rings is 2. The number of rotatable bonds is 16. The smallest absolute Gasteiger partial charge is 0.347 e. The van der Waals surface area contributed by atoms with Gasteiger partial charge in [0.15, 0.2) is 23.4 Å². The maximum absolute atomic E-state index is 11.4. The second-order valence-electron chi connectivity index (χ2n) is 17.8. The Hall–Kier alpha value is -6.38. The van der Waals surface area contributed by atoms with Crippen LogP contribution >= 0.6 is 22.7 Å². The minimum absolute atomic E-state index is 0.332. The lowest BCUT2D eigenvalue weighted by atomic mass is 10.0. The van der Waals surface area contributed by atoms with Crippen molar-refractivity contribution in [2.45, 2.75) is 112 Å². The van der Waals surface area contributed by atoms with Gasteiger partial charge in [0, 0.05) is 43.8 Å². The summed E-state index contributed by atoms with van der Waals surface area (Å²) in [6, 6.07) is 24.3. The standard InChI is InChI=1S/C27H30N2O4S.C25H26N2O4S/c1-15(2)24-23(34-25(28-24)18-9-7-16(3)8-10-18)12-11-20-19-13-17(4)21(14-22(19)33-29-20)32-27(5,6)26(30)31;1-14(2)24-22(32-25(26-24)17-7-5-15(3)6-8-17)10-9-19-18-11-16(4)20(30-13-23(28)29)12-21(18)31-27-19/h7-10,13-15H,11-12H2,1-6H3,(H,30,31);5-8,11-12,14H,9-10,13H2,1-4H3,(H,28,29). The third kappa shape index (κ3) is 11.0. The number of ether oxygens (including phenoxy) is 2. The largest absolute Gasteiger partial charge is 0.481 e. The molecule has 344 valence electrons. The van der Waals surface area contributed by atoms with Gasteiger partial charge in [-0.15, -0.1) is 22.7 Å². The van der Waals surface area contributed by atoms with Crippen LogP contribution in [0, 0.1) is 27.7 Å². The molecule has 8 aromatic rings. The summed E-state index contributed by atoms with van der Waals surface area (Å²) in [5.41, 5.74) is 10.3. The Balaban J connectivity index is 0.000000197. The molecule has 4 aromatic carbocycles. The van der Waals surface area contributed by atoms with Crippen LogP contribution in [0.25, 0.3) is 43.1 Å². The van der Waals surface area contributed by atoms with Crippen molar-refractivity contribution in [3.8, 4) is 32.6 Å². The fraction of sp³-hybridized carbons (Fsp3) is 0.346. The quantitative estimate of drug-likeness (QED) is 0.0941. The first-order valence-electron chi connectivity index (χ1n) is 22.0. The SMILES string of the molecule is Cc1ccc(-c2nc(C(C)C)c(CCc3noc4cc(OC(C)(C)C(=O)O)c(C)cc34)s2)cc1.Cc1ccc(-c2nc(C(C)C)c(CCc3noc4cc(OCC(=O)O)c(C)cc34)s2)cc1. The highest BCUT2D eigenvalue weighted by Gasteiger charge is 2.30. The normalized spacial score (nSPS) is 11.7. The number of aromatic nitrogens is 4. The molecule has 0 fully saturated rings. The molecule has 0 aliphatic rings. The Morgan fingerprint density at radius 2 is 1.06 bits per heavy atom. The van der Waals surface area contributed by atoms with Gasteiger partial charge in [0.05, 0.1) is 22.8 Å². The molecular formula is C52H56N4O8S2. The van der Waals surface area contributed by atoms with Gasteiger partial charge in [-0.1, -0.05) is 97.7 Å². The van der Waals surface area contributed by atoms with E-state index in [9.17, 15) is 14.7 Å². The Bertz CT molecular complexity index is 2990. The van der Waals surface area contributed by atoms with Gasteiger partial charge in [-0.25, -0.2) is 19.6 Å². The van der Waals surface area contributed by atoms with Crippen LogP contribution in [0.4, 0.5) is 0 Å². The zero-order chi connectivity index (χ0) is 47.4. The van der Waals surface area contributed by atoms with Crippen LogP contribution in [-0.2, 0) is 35.3 Å². The average molecular weight is 929 g/mol. The molecule has 8 rings (SSSR count). The predicted molar refractivity (Wildman–Crippen MR) is 261 cm³/mol. The van der Waals surface area contributed by atoms with E-state index in [1.807, 2.05) is 26.0 Å². The van der Waals surface area contributed by atoms with E-state index in [1.54, 1.807) is 34.8 Å². The summed E-state index contributed by atoms with van der Waals surface area (Å²) < 4.78 is 22.2. The Morgan fingerprint density at radius 1 is 0.636 bits per heavy atom. The summed E-state index contributed by atoms with van der Waals surface area (Å²) in [5, 5.41) is 30.7. The highest BCUT2D eigenvalue weighted by atomic mass is 32.1. The first-order valence-corrected chi connectivity index (χ1v) is 23.7. The number of carboxylic acid groups (broad SMARTS) is 2. The molecule has 0 saturated heterocycles. The van der Waals surface area contributed by atoms with Gasteiger partial charge in [0.2, 0.25) is 0 Å². The van der Waals surface area contributed by atoms with E-state index < -0.39 is 17.5 Å². The van der Waals surface area contributed by atoms with Crippen molar-refractivity contribution in [3.05, 3.63) is 128 Å². The minimum Gasteiger partial charge on any atom is -0.481 e. The van der Waals surface area contributed by atoms with Crippen LogP contribution in [0.1, 0.15) is 108 Å². The predicted octanol–water partition coefficient (Wildman–Crippen LogP) is 12.7. The molecule has 66 heavy (non-hydrogen) atoms. The van der Waals surface area contributed by atoms with Gasteiger partial charge in [-0.05, 0) is 102 Å². The van der Waals surface area contributed by atoms with Crippen molar-refractivity contribution in [3.63, 3.8) is 0 Å². The number of aliphatic carboxylic acids is 2. The molecule has 0 aliphatic carbocycles. The maximum Gasteiger partial charge on any atom is 0.347 e. The van der Waals surface area contributed by atoms with Gasteiger partial charge in [-0.2, -0.15) is 0 Å². The van der Waals surface area contributed by atoms with Crippen LogP contribution in [0.15, 0.2) is 81.8 Å². The second-order valence-corrected chi connectivity index (χ2v) is 19.9. The Labute approximate surface area is 392 Å². The van der Waals surface area contributed by atoms with E-state index in [-0.39, 0.29) is 6.61 Å². The van der Waals surface area contributed by atoms with Crippen LogP contribution in [-0.4, -0.2) is 54.6 Å². The Kier molecular flexibility index (Phi) is 14.4. The summed E-state index contributed by atoms with van der Waals surface area (Å²) >= 11 is 3.49. The zero-order valence-corrected chi connectivity index (χ0v) is 40.7. The van der Waals surface area contributed by atoms with E-state index in [0.29, 0.717) is 34.5 Å². The highest BCUT2D eigenvalue weighted by molar-refractivity contribution is 7.15. The number of hydrogen-bond acceptors (Lipinski definition) is 12.